The van der Waals surface area contributed by atoms with Gasteiger partial charge in [0.1, 0.15) is 0 Å². The highest BCUT2D eigenvalue weighted by molar-refractivity contribution is 5.73. The summed E-state index contributed by atoms with van der Waals surface area (Å²) in [5.74, 6) is -3.23. The summed E-state index contributed by atoms with van der Waals surface area (Å²) in [5.41, 5.74) is -0.224. The van der Waals surface area contributed by atoms with Crippen molar-refractivity contribution in [3.63, 3.8) is 0 Å². The van der Waals surface area contributed by atoms with Gasteiger partial charge in [-0.15, -0.1) is 0 Å². The predicted molar refractivity (Wildman–Crippen MR) is 61.9 cm³/mol. The van der Waals surface area contributed by atoms with E-state index in [2.05, 4.69) is 0 Å². The number of carbonyl (C=O) groups is 1. The van der Waals surface area contributed by atoms with Gasteiger partial charge in [0, 0.05) is 0 Å². The van der Waals surface area contributed by atoms with E-state index in [0.29, 0.717) is 12.8 Å². The van der Waals surface area contributed by atoms with Gasteiger partial charge in [-0.2, -0.15) is 13.2 Å². The molecule has 106 valence electrons. The van der Waals surface area contributed by atoms with Crippen molar-refractivity contribution in [2.75, 3.05) is 6.61 Å². The second kappa shape index (κ2) is 5.49. The molecule has 0 aromatic rings. The Morgan fingerprint density at radius 1 is 1.17 bits per heavy atom. The molecule has 0 heterocycles. The molecule has 18 heavy (non-hydrogen) atoms. The lowest BCUT2D eigenvalue weighted by atomic mass is 9.79. The van der Waals surface area contributed by atoms with Crippen molar-refractivity contribution in [3.05, 3.63) is 0 Å². The van der Waals surface area contributed by atoms with Gasteiger partial charge in [-0.25, -0.2) is 0 Å². The Bertz CT molecular complexity index is 292. The molecule has 0 radical (unpaired) electrons. The average Bonchev–Trinajstić information content (AvgIpc) is 2.24. The highest BCUT2D eigenvalue weighted by Gasteiger charge is 2.48. The summed E-state index contributed by atoms with van der Waals surface area (Å²) in [5, 5.41) is 0. The van der Waals surface area contributed by atoms with E-state index in [9.17, 15) is 18.0 Å². The molecule has 0 aromatic heterocycles. The molecule has 0 spiro atoms. The molecule has 1 rings (SSSR count). The van der Waals surface area contributed by atoms with Gasteiger partial charge < -0.3 is 4.74 Å². The fourth-order valence-electron chi connectivity index (χ4n) is 2.20. The first kappa shape index (κ1) is 15.3. The van der Waals surface area contributed by atoms with E-state index in [0.717, 1.165) is 0 Å². The Labute approximate surface area is 106 Å². The first-order valence-corrected chi connectivity index (χ1v) is 6.34. The first-order chi connectivity index (χ1) is 8.11. The molecule has 2 nitrogen and oxygen atoms in total. The maximum Gasteiger partial charge on any atom is 0.392 e. The highest BCUT2D eigenvalue weighted by Crippen LogP contribution is 2.42. The number of carbonyl (C=O) groups excluding carboxylic acids is 1. The van der Waals surface area contributed by atoms with Gasteiger partial charge in [0.05, 0.1) is 18.4 Å². The van der Waals surface area contributed by atoms with E-state index in [-0.39, 0.29) is 24.9 Å². The van der Waals surface area contributed by atoms with Crippen LogP contribution in [0.15, 0.2) is 0 Å². The Morgan fingerprint density at radius 2 is 1.72 bits per heavy atom. The van der Waals surface area contributed by atoms with Crippen LogP contribution >= 0.6 is 0 Å². The molecule has 0 bridgehead atoms. The van der Waals surface area contributed by atoms with Crippen LogP contribution in [0.1, 0.15) is 46.5 Å². The third-order valence-corrected chi connectivity index (χ3v) is 3.14. The van der Waals surface area contributed by atoms with Crippen LogP contribution in [-0.2, 0) is 9.53 Å². The minimum absolute atomic E-state index is 0.0405. The molecule has 2 atom stereocenters. The summed E-state index contributed by atoms with van der Waals surface area (Å²) < 4.78 is 43.5. The highest BCUT2D eigenvalue weighted by atomic mass is 19.4. The second-order valence-corrected chi connectivity index (χ2v) is 6.21. The maximum atomic E-state index is 12.8. The van der Waals surface area contributed by atoms with E-state index in [4.69, 9.17) is 4.74 Å². The molecule has 2 unspecified atom stereocenters. The minimum atomic E-state index is -4.30. The monoisotopic (exact) mass is 266 g/mol. The lowest BCUT2D eigenvalue weighted by Crippen LogP contribution is -2.38. The fourth-order valence-corrected chi connectivity index (χ4v) is 2.20. The summed E-state index contributed by atoms with van der Waals surface area (Å²) in [6.45, 7) is 5.79. The Morgan fingerprint density at radius 3 is 2.22 bits per heavy atom. The molecule has 1 saturated carbocycles. The van der Waals surface area contributed by atoms with Gasteiger partial charge in [-0.1, -0.05) is 33.6 Å². The van der Waals surface area contributed by atoms with Crippen LogP contribution in [0.25, 0.3) is 0 Å². The van der Waals surface area contributed by atoms with Gasteiger partial charge in [0.15, 0.2) is 0 Å². The minimum Gasteiger partial charge on any atom is -0.465 e. The summed E-state index contributed by atoms with van der Waals surface area (Å²) in [6.07, 6.45) is -2.77. The molecule has 0 saturated heterocycles. The molecule has 0 aromatic carbocycles. The van der Waals surface area contributed by atoms with Crippen molar-refractivity contribution in [2.45, 2.75) is 52.6 Å². The maximum absolute atomic E-state index is 12.8. The molecule has 0 amide bonds. The molecule has 0 aliphatic heterocycles. The van der Waals surface area contributed by atoms with Crippen molar-refractivity contribution in [1.29, 1.82) is 0 Å². The van der Waals surface area contributed by atoms with Crippen molar-refractivity contribution < 1.29 is 22.7 Å². The van der Waals surface area contributed by atoms with Gasteiger partial charge in [0.2, 0.25) is 0 Å². The summed E-state index contributed by atoms with van der Waals surface area (Å²) in [6, 6.07) is 0. The Kier molecular flexibility index (Phi) is 4.67. The Balaban J connectivity index is 2.64. The van der Waals surface area contributed by atoms with Gasteiger partial charge in [-0.3, -0.25) is 4.79 Å². The van der Waals surface area contributed by atoms with Crippen molar-refractivity contribution in [1.82, 2.24) is 0 Å². The van der Waals surface area contributed by atoms with Crippen molar-refractivity contribution in [3.8, 4) is 0 Å². The molecule has 0 N–H and O–H groups in total. The SMILES string of the molecule is CC(C)(C)COC(=O)C1CCCCC1C(F)(F)F. The second-order valence-electron chi connectivity index (χ2n) is 6.21. The smallest absolute Gasteiger partial charge is 0.392 e. The lowest BCUT2D eigenvalue weighted by molar-refractivity contribution is -0.205. The third kappa shape index (κ3) is 4.50. The van der Waals surface area contributed by atoms with E-state index in [1.807, 2.05) is 20.8 Å². The molecule has 1 fully saturated rings. The lowest BCUT2D eigenvalue weighted by Gasteiger charge is -2.32. The number of ether oxygens (including phenoxy) is 1. The van der Waals surface area contributed by atoms with E-state index in [1.165, 1.54) is 0 Å². The number of esters is 1. The van der Waals surface area contributed by atoms with E-state index >= 15 is 0 Å². The van der Waals surface area contributed by atoms with Crippen LogP contribution in [0.3, 0.4) is 0 Å². The number of halogens is 3. The normalized spacial score (nSPS) is 25.9. The number of hydrogen-bond donors (Lipinski definition) is 0. The predicted octanol–water partition coefficient (Wildman–Crippen LogP) is 3.94. The molecule has 1 aliphatic rings. The van der Waals surface area contributed by atoms with E-state index < -0.39 is 24.0 Å². The fraction of sp³-hybridized carbons (Fsp3) is 0.923. The van der Waals surface area contributed by atoms with Gasteiger partial charge >= 0.3 is 12.1 Å². The molecule has 5 heteroatoms. The largest absolute Gasteiger partial charge is 0.465 e. The van der Waals surface area contributed by atoms with Gasteiger partial charge in [0.25, 0.3) is 0 Å². The topological polar surface area (TPSA) is 26.3 Å². The van der Waals surface area contributed by atoms with Gasteiger partial charge in [-0.05, 0) is 18.3 Å². The number of rotatable bonds is 2. The Hall–Kier alpha value is -0.740. The molecular formula is C13H21F3O2. The quantitative estimate of drug-likeness (QED) is 0.707. The van der Waals surface area contributed by atoms with Crippen molar-refractivity contribution in [2.24, 2.45) is 17.3 Å². The third-order valence-electron chi connectivity index (χ3n) is 3.14. The number of alkyl halides is 3. The van der Waals surface area contributed by atoms with Crippen LogP contribution in [0.4, 0.5) is 13.2 Å². The average molecular weight is 266 g/mol. The van der Waals surface area contributed by atoms with Crippen LogP contribution in [0.5, 0.6) is 0 Å². The zero-order valence-electron chi connectivity index (χ0n) is 11.1. The summed E-state index contributed by atoms with van der Waals surface area (Å²) in [7, 11) is 0. The van der Waals surface area contributed by atoms with E-state index in [1.54, 1.807) is 0 Å². The van der Waals surface area contributed by atoms with Crippen LogP contribution < -0.4 is 0 Å². The molecule has 1 aliphatic carbocycles. The zero-order chi connectivity index (χ0) is 14.0. The zero-order valence-corrected chi connectivity index (χ0v) is 11.1. The standard InChI is InChI=1S/C13H21F3O2/c1-12(2,3)8-18-11(17)9-6-4-5-7-10(9)13(14,15)16/h9-10H,4-8H2,1-3H3. The first-order valence-electron chi connectivity index (χ1n) is 6.34. The number of hydrogen-bond acceptors (Lipinski definition) is 2. The summed E-state index contributed by atoms with van der Waals surface area (Å²) in [4.78, 5) is 11.8. The molecular weight excluding hydrogens is 245 g/mol. The van der Waals surface area contributed by atoms with Crippen LogP contribution in [-0.4, -0.2) is 18.8 Å². The van der Waals surface area contributed by atoms with Crippen molar-refractivity contribution >= 4 is 5.97 Å². The van der Waals surface area contributed by atoms with Crippen LogP contribution in [0, 0.1) is 17.3 Å². The summed E-state index contributed by atoms with van der Waals surface area (Å²) >= 11 is 0. The van der Waals surface area contributed by atoms with Crippen LogP contribution in [0.2, 0.25) is 0 Å².